The van der Waals surface area contributed by atoms with Gasteiger partial charge in [-0.1, -0.05) is 0 Å². The van der Waals surface area contributed by atoms with Crippen LogP contribution in [0.1, 0.15) is 10.4 Å². The minimum Gasteiger partial charge on any atom is -0.497 e. The standard InChI is InChI=1S/C17H16N2O7/c1-24-13-7-8-14(15(9-13)25-2)17(21)26-10-16(20)18-11-3-5-12(6-4-11)19(22)23/h3-9H,10H2,1-2H3,(H,18,20). The Balaban J connectivity index is 1.94. The summed E-state index contributed by atoms with van der Waals surface area (Å²) in [5.41, 5.74) is 0.399. The van der Waals surface area contributed by atoms with Crippen molar-refractivity contribution in [1.82, 2.24) is 0 Å². The van der Waals surface area contributed by atoms with Gasteiger partial charge in [0.1, 0.15) is 17.1 Å². The molecule has 26 heavy (non-hydrogen) atoms. The summed E-state index contributed by atoms with van der Waals surface area (Å²) >= 11 is 0. The summed E-state index contributed by atoms with van der Waals surface area (Å²) in [6, 6.07) is 9.82. The Morgan fingerprint density at radius 1 is 1.08 bits per heavy atom. The Hall–Kier alpha value is -3.62. The largest absolute Gasteiger partial charge is 0.497 e. The van der Waals surface area contributed by atoms with Gasteiger partial charge in [-0.15, -0.1) is 0 Å². The van der Waals surface area contributed by atoms with E-state index in [9.17, 15) is 19.7 Å². The van der Waals surface area contributed by atoms with Gasteiger partial charge in [0.25, 0.3) is 11.6 Å². The number of amides is 1. The van der Waals surface area contributed by atoms with E-state index in [1.54, 1.807) is 6.07 Å². The smallest absolute Gasteiger partial charge is 0.342 e. The number of esters is 1. The Labute approximate surface area is 148 Å². The molecular weight excluding hydrogens is 344 g/mol. The van der Waals surface area contributed by atoms with E-state index in [4.69, 9.17) is 14.2 Å². The molecule has 0 aromatic heterocycles. The first-order valence-corrected chi connectivity index (χ1v) is 7.38. The topological polar surface area (TPSA) is 117 Å². The van der Waals surface area contributed by atoms with Gasteiger partial charge in [-0.25, -0.2) is 4.79 Å². The summed E-state index contributed by atoms with van der Waals surface area (Å²) < 4.78 is 15.1. The van der Waals surface area contributed by atoms with Crippen LogP contribution >= 0.6 is 0 Å². The monoisotopic (exact) mass is 360 g/mol. The molecular formula is C17H16N2O7. The second kappa shape index (κ2) is 8.47. The van der Waals surface area contributed by atoms with Crippen LogP contribution in [0, 0.1) is 10.1 Å². The van der Waals surface area contributed by atoms with E-state index in [-0.39, 0.29) is 17.0 Å². The predicted molar refractivity (Wildman–Crippen MR) is 91.6 cm³/mol. The molecule has 0 heterocycles. The maximum absolute atomic E-state index is 12.1. The number of carbonyl (C=O) groups excluding carboxylic acids is 2. The number of anilines is 1. The Bertz CT molecular complexity index is 818. The molecule has 0 saturated carbocycles. The highest BCUT2D eigenvalue weighted by atomic mass is 16.6. The molecule has 1 amide bonds. The van der Waals surface area contributed by atoms with Crippen molar-refractivity contribution in [3.8, 4) is 11.5 Å². The highest BCUT2D eigenvalue weighted by Crippen LogP contribution is 2.25. The van der Waals surface area contributed by atoms with Crippen molar-refractivity contribution in [1.29, 1.82) is 0 Å². The number of hydrogen-bond acceptors (Lipinski definition) is 7. The number of carbonyl (C=O) groups is 2. The van der Waals surface area contributed by atoms with Crippen molar-refractivity contribution >= 4 is 23.3 Å². The minimum absolute atomic E-state index is 0.0963. The van der Waals surface area contributed by atoms with E-state index in [0.717, 1.165) is 0 Å². The first-order valence-electron chi connectivity index (χ1n) is 7.38. The van der Waals surface area contributed by atoms with E-state index in [1.165, 1.54) is 50.6 Å². The fourth-order valence-corrected chi connectivity index (χ4v) is 2.04. The summed E-state index contributed by atoms with van der Waals surface area (Å²) in [7, 11) is 2.88. The molecule has 1 N–H and O–H groups in total. The minimum atomic E-state index is -0.733. The van der Waals surface area contributed by atoms with Gasteiger partial charge < -0.3 is 19.5 Å². The molecule has 0 spiro atoms. The molecule has 0 aliphatic heterocycles. The van der Waals surface area contributed by atoms with Gasteiger partial charge in [0.2, 0.25) is 0 Å². The SMILES string of the molecule is COc1ccc(C(=O)OCC(=O)Nc2ccc([N+](=O)[O-])cc2)c(OC)c1. The maximum Gasteiger partial charge on any atom is 0.342 e. The zero-order valence-corrected chi connectivity index (χ0v) is 14.1. The van der Waals surface area contributed by atoms with Crippen LogP contribution in [0.4, 0.5) is 11.4 Å². The summed E-state index contributed by atoms with van der Waals surface area (Å²) in [6.45, 7) is -0.523. The zero-order chi connectivity index (χ0) is 19.1. The summed E-state index contributed by atoms with van der Waals surface area (Å²) in [5.74, 6) is -0.553. The number of benzene rings is 2. The molecule has 2 aromatic carbocycles. The van der Waals surface area contributed by atoms with Crippen molar-refractivity contribution in [2.75, 3.05) is 26.1 Å². The summed E-state index contributed by atoms with van der Waals surface area (Å²) in [6.07, 6.45) is 0. The van der Waals surface area contributed by atoms with Gasteiger partial charge in [-0.05, 0) is 24.3 Å². The Kier molecular flexibility index (Phi) is 6.10. The number of hydrogen-bond donors (Lipinski definition) is 1. The third-order valence-electron chi connectivity index (χ3n) is 3.32. The van der Waals surface area contributed by atoms with E-state index in [1.807, 2.05) is 0 Å². The van der Waals surface area contributed by atoms with Gasteiger partial charge in [-0.2, -0.15) is 0 Å². The molecule has 0 bridgehead atoms. The van der Waals surface area contributed by atoms with Gasteiger partial charge in [0.05, 0.1) is 19.1 Å². The average Bonchev–Trinajstić information content (AvgIpc) is 2.65. The molecule has 0 fully saturated rings. The van der Waals surface area contributed by atoms with E-state index >= 15 is 0 Å². The van der Waals surface area contributed by atoms with Crippen molar-refractivity contribution in [3.05, 3.63) is 58.1 Å². The molecule has 0 aliphatic carbocycles. The number of ether oxygens (including phenoxy) is 3. The van der Waals surface area contributed by atoms with E-state index < -0.39 is 23.4 Å². The van der Waals surface area contributed by atoms with Crippen LogP contribution in [0.15, 0.2) is 42.5 Å². The Morgan fingerprint density at radius 2 is 1.77 bits per heavy atom. The number of nitrogens with one attached hydrogen (secondary N) is 1. The first-order chi connectivity index (χ1) is 12.4. The Morgan fingerprint density at radius 3 is 2.35 bits per heavy atom. The third-order valence-corrected chi connectivity index (χ3v) is 3.32. The fraction of sp³-hybridized carbons (Fsp3) is 0.176. The quantitative estimate of drug-likeness (QED) is 0.458. The number of rotatable bonds is 7. The molecule has 0 aliphatic rings. The predicted octanol–water partition coefficient (Wildman–Crippen LogP) is 2.41. The molecule has 0 saturated heterocycles. The highest BCUT2D eigenvalue weighted by molar-refractivity contribution is 5.97. The number of methoxy groups -OCH3 is 2. The van der Waals surface area contributed by atoms with E-state index in [0.29, 0.717) is 11.4 Å². The maximum atomic E-state index is 12.1. The fourth-order valence-electron chi connectivity index (χ4n) is 2.04. The van der Waals surface area contributed by atoms with Gasteiger partial charge in [0.15, 0.2) is 6.61 Å². The molecule has 9 heteroatoms. The normalized spacial score (nSPS) is 9.92. The number of nitro benzene ring substituents is 1. The molecule has 9 nitrogen and oxygen atoms in total. The van der Waals surface area contributed by atoms with Crippen LogP contribution < -0.4 is 14.8 Å². The third kappa shape index (κ3) is 4.69. The molecule has 136 valence electrons. The first kappa shape index (κ1) is 18.7. The van der Waals surface area contributed by atoms with Gasteiger partial charge in [0, 0.05) is 23.9 Å². The van der Waals surface area contributed by atoms with Gasteiger partial charge in [-0.3, -0.25) is 14.9 Å². The number of nitro groups is 1. The van der Waals surface area contributed by atoms with Gasteiger partial charge >= 0.3 is 5.97 Å². The van der Waals surface area contributed by atoms with Crippen LogP contribution in [0.2, 0.25) is 0 Å². The lowest BCUT2D eigenvalue weighted by Gasteiger charge is -2.10. The lowest BCUT2D eigenvalue weighted by molar-refractivity contribution is -0.384. The second-order valence-corrected chi connectivity index (χ2v) is 4.99. The number of non-ortho nitro benzene ring substituents is 1. The summed E-state index contributed by atoms with van der Waals surface area (Å²) in [4.78, 5) is 34.0. The van der Waals surface area contributed by atoms with Crippen molar-refractivity contribution in [2.24, 2.45) is 0 Å². The molecule has 0 radical (unpaired) electrons. The average molecular weight is 360 g/mol. The second-order valence-electron chi connectivity index (χ2n) is 4.99. The van der Waals surface area contributed by atoms with Crippen molar-refractivity contribution in [3.63, 3.8) is 0 Å². The molecule has 2 rings (SSSR count). The molecule has 0 atom stereocenters. The molecule has 0 unspecified atom stereocenters. The van der Waals surface area contributed by atoms with Crippen LogP contribution in [0.3, 0.4) is 0 Å². The highest BCUT2D eigenvalue weighted by Gasteiger charge is 2.16. The summed E-state index contributed by atoms with van der Waals surface area (Å²) in [5, 5.41) is 13.1. The van der Waals surface area contributed by atoms with Crippen LogP contribution in [0.5, 0.6) is 11.5 Å². The van der Waals surface area contributed by atoms with E-state index in [2.05, 4.69) is 5.32 Å². The molecule has 2 aromatic rings. The van der Waals surface area contributed by atoms with Crippen LogP contribution in [-0.2, 0) is 9.53 Å². The van der Waals surface area contributed by atoms with Crippen molar-refractivity contribution in [2.45, 2.75) is 0 Å². The number of nitrogens with zero attached hydrogens (tertiary/aromatic N) is 1. The van der Waals surface area contributed by atoms with Crippen molar-refractivity contribution < 1.29 is 28.7 Å². The van der Waals surface area contributed by atoms with Crippen LogP contribution in [0.25, 0.3) is 0 Å². The lowest BCUT2D eigenvalue weighted by Crippen LogP contribution is -2.21. The zero-order valence-electron chi connectivity index (χ0n) is 14.1. The lowest BCUT2D eigenvalue weighted by atomic mass is 10.2. The van der Waals surface area contributed by atoms with Crippen LogP contribution in [-0.4, -0.2) is 37.6 Å².